The smallest absolute Gasteiger partial charge is 0.313 e. The van der Waals surface area contributed by atoms with Crippen molar-refractivity contribution in [3.63, 3.8) is 0 Å². The molecule has 0 saturated heterocycles. The lowest BCUT2D eigenvalue weighted by molar-refractivity contribution is -0.136. The van der Waals surface area contributed by atoms with Crippen molar-refractivity contribution in [2.75, 3.05) is 12.4 Å². The summed E-state index contributed by atoms with van der Waals surface area (Å²) in [6.07, 6.45) is -0.113. The first-order valence-corrected chi connectivity index (χ1v) is 7.74. The molecule has 1 atom stereocenters. The van der Waals surface area contributed by atoms with Gasteiger partial charge >= 0.3 is 11.8 Å². The van der Waals surface area contributed by atoms with Gasteiger partial charge in [-0.05, 0) is 42.3 Å². The number of nitrogens with one attached hydrogen (secondary N) is 2. The minimum atomic E-state index is -0.751. The fourth-order valence-electron chi connectivity index (χ4n) is 2.21. The maximum absolute atomic E-state index is 12.0. The number of hydrogen-bond acceptors (Lipinski definition) is 4. The summed E-state index contributed by atoms with van der Waals surface area (Å²) in [5, 5.41) is 14.0. The van der Waals surface area contributed by atoms with Crippen molar-refractivity contribution in [3.05, 3.63) is 65.2 Å². The molecule has 6 nitrogen and oxygen atoms in total. The van der Waals surface area contributed by atoms with E-state index in [4.69, 9.17) is 10.00 Å². The largest absolute Gasteiger partial charge is 0.377 e. The number of nitriles is 1. The van der Waals surface area contributed by atoms with Crippen LogP contribution in [0.1, 0.15) is 29.7 Å². The van der Waals surface area contributed by atoms with E-state index in [1.807, 2.05) is 19.1 Å². The normalized spacial score (nSPS) is 11.2. The molecule has 2 rings (SSSR count). The van der Waals surface area contributed by atoms with E-state index < -0.39 is 11.8 Å². The van der Waals surface area contributed by atoms with E-state index in [2.05, 4.69) is 10.6 Å². The standard InChI is InChI=1S/C19H19N3O3/c1-13(25-2)16-7-4-8-17(10-16)22-19(24)18(23)21-12-15-6-3-5-14(9-15)11-20/h3-10,13H,12H2,1-2H3,(H,21,23)(H,22,24)/t13-/m0/s1. The Bertz CT molecular complexity index is 812. The van der Waals surface area contributed by atoms with Gasteiger partial charge in [0.15, 0.2) is 0 Å². The van der Waals surface area contributed by atoms with E-state index in [0.29, 0.717) is 11.3 Å². The van der Waals surface area contributed by atoms with Gasteiger partial charge in [0.25, 0.3) is 0 Å². The molecule has 0 aliphatic heterocycles. The summed E-state index contributed by atoms with van der Waals surface area (Å²) in [5.74, 6) is -1.49. The lowest BCUT2D eigenvalue weighted by atomic mass is 10.1. The predicted octanol–water partition coefficient (Wildman–Crippen LogP) is 2.52. The molecule has 0 aromatic heterocycles. The molecule has 0 spiro atoms. The fourth-order valence-corrected chi connectivity index (χ4v) is 2.21. The summed E-state index contributed by atoms with van der Waals surface area (Å²) in [7, 11) is 1.60. The molecule has 0 saturated carbocycles. The highest BCUT2D eigenvalue weighted by atomic mass is 16.5. The third-order valence-electron chi connectivity index (χ3n) is 3.68. The highest BCUT2D eigenvalue weighted by molar-refractivity contribution is 6.39. The summed E-state index contributed by atoms with van der Waals surface area (Å²) >= 11 is 0. The van der Waals surface area contributed by atoms with Crippen molar-refractivity contribution in [1.29, 1.82) is 5.26 Å². The zero-order valence-corrected chi connectivity index (χ0v) is 14.1. The van der Waals surface area contributed by atoms with Crippen LogP contribution in [-0.4, -0.2) is 18.9 Å². The van der Waals surface area contributed by atoms with Crippen LogP contribution in [0.5, 0.6) is 0 Å². The predicted molar refractivity (Wildman–Crippen MR) is 93.5 cm³/mol. The number of carbonyl (C=O) groups excluding carboxylic acids is 2. The minimum Gasteiger partial charge on any atom is -0.377 e. The molecule has 128 valence electrons. The summed E-state index contributed by atoms with van der Waals surface area (Å²) < 4.78 is 5.24. The Morgan fingerprint density at radius 3 is 2.64 bits per heavy atom. The minimum absolute atomic E-state index is 0.113. The van der Waals surface area contributed by atoms with E-state index in [9.17, 15) is 9.59 Å². The van der Waals surface area contributed by atoms with Crippen molar-refractivity contribution in [3.8, 4) is 6.07 Å². The van der Waals surface area contributed by atoms with E-state index in [-0.39, 0.29) is 12.6 Å². The summed E-state index contributed by atoms with van der Waals surface area (Å²) in [4.78, 5) is 23.9. The number of amides is 2. The van der Waals surface area contributed by atoms with Crippen LogP contribution in [0.15, 0.2) is 48.5 Å². The third kappa shape index (κ3) is 5.16. The molecule has 0 radical (unpaired) electrons. The highest BCUT2D eigenvalue weighted by Crippen LogP contribution is 2.19. The van der Waals surface area contributed by atoms with Crippen molar-refractivity contribution < 1.29 is 14.3 Å². The Balaban J connectivity index is 1.94. The van der Waals surface area contributed by atoms with Crippen LogP contribution in [0.2, 0.25) is 0 Å². The molecule has 0 aliphatic carbocycles. The quantitative estimate of drug-likeness (QED) is 0.820. The molecule has 25 heavy (non-hydrogen) atoms. The summed E-state index contributed by atoms with van der Waals surface area (Å²) in [5.41, 5.74) is 2.67. The van der Waals surface area contributed by atoms with Crippen LogP contribution in [-0.2, 0) is 20.9 Å². The number of anilines is 1. The molecular formula is C19H19N3O3. The molecule has 2 aromatic rings. The van der Waals surface area contributed by atoms with Gasteiger partial charge in [0.1, 0.15) is 0 Å². The molecule has 2 amide bonds. The Morgan fingerprint density at radius 2 is 1.92 bits per heavy atom. The highest BCUT2D eigenvalue weighted by Gasteiger charge is 2.14. The fraction of sp³-hybridized carbons (Fsp3) is 0.211. The molecular weight excluding hydrogens is 318 g/mol. The van der Waals surface area contributed by atoms with Crippen LogP contribution in [0.25, 0.3) is 0 Å². The lowest BCUT2D eigenvalue weighted by Gasteiger charge is -2.12. The van der Waals surface area contributed by atoms with Gasteiger partial charge < -0.3 is 15.4 Å². The Kier molecular flexibility index (Phi) is 6.26. The van der Waals surface area contributed by atoms with Gasteiger partial charge in [-0.2, -0.15) is 5.26 Å². The number of benzene rings is 2. The topological polar surface area (TPSA) is 91.2 Å². The van der Waals surface area contributed by atoms with E-state index in [1.165, 1.54) is 0 Å². The lowest BCUT2D eigenvalue weighted by Crippen LogP contribution is -2.35. The van der Waals surface area contributed by atoms with Gasteiger partial charge in [-0.1, -0.05) is 24.3 Å². The second kappa shape index (κ2) is 8.62. The van der Waals surface area contributed by atoms with Crippen LogP contribution in [0, 0.1) is 11.3 Å². The summed E-state index contributed by atoms with van der Waals surface area (Å²) in [6.45, 7) is 2.06. The van der Waals surface area contributed by atoms with E-state index in [1.54, 1.807) is 49.6 Å². The Morgan fingerprint density at radius 1 is 1.16 bits per heavy atom. The molecule has 0 fully saturated rings. The average molecular weight is 337 g/mol. The number of ether oxygens (including phenoxy) is 1. The molecule has 2 aromatic carbocycles. The van der Waals surface area contributed by atoms with Crippen LogP contribution in [0.3, 0.4) is 0 Å². The number of carbonyl (C=O) groups is 2. The maximum atomic E-state index is 12.0. The molecule has 2 N–H and O–H groups in total. The third-order valence-corrected chi connectivity index (χ3v) is 3.68. The molecule has 6 heteroatoms. The van der Waals surface area contributed by atoms with Crippen molar-refractivity contribution >= 4 is 17.5 Å². The zero-order valence-electron chi connectivity index (χ0n) is 14.1. The maximum Gasteiger partial charge on any atom is 0.313 e. The zero-order chi connectivity index (χ0) is 18.2. The van der Waals surface area contributed by atoms with E-state index in [0.717, 1.165) is 11.1 Å². The average Bonchev–Trinajstić information content (AvgIpc) is 2.65. The molecule has 0 bridgehead atoms. The monoisotopic (exact) mass is 337 g/mol. The van der Waals surface area contributed by atoms with Crippen LogP contribution >= 0.6 is 0 Å². The van der Waals surface area contributed by atoms with Gasteiger partial charge in [-0.15, -0.1) is 0 Å². The van der Waals surface area contributed by atoms with Crippen molar-refractivity contribution in [1.82, 2.24) is 5.32 Å². The Labute approximate surface area is 146 Å². The summed E-state index contributed by atoms with van der Waals surface area (Å²) in [6, 6.07) is 16.0. The van der Waals surface area contributed by atoms with Gasteiger partial charge in [-0.3, -0.25) is 9.59 Å². The number of hydrogen-bond donors (Lipinski definition) is 2. The SMILES string of the molecule is CO[C@@H](C)c1cccc(NC(=O)C(=O)NCc2cccc(C#N)c2)c1. The van der Waals surface area contributed by atoms with Crippen LogP contribution < -0.4 is 10.6 Å². The van der Waals surface area contributed by atoms with Crippen LogP contribution in [0.4, 0.5) is 5.69 Å². The van der Waals surface area contributed by atoms with Gasteiger partial charge in [-0.25, -0.2) is 0 Å². The first-order valence-electron chi connectivity index (χ1n) is 7.74. The van der Waals surface area contributed by atoms with Gasteiger partial charge in [0.2, 0.25) is 0 Å². The van der Waals surface area contributed by atoms with Crippen molar-refractivity contribution in [2.24, 2.45) is 0 Å². The second-order valence-corrected chi connectivity index (χ2v) is 5.45. The molecule has 0 unspecified atom stereocenters. The van der Waals surface area contributed by atoms with Gasteiger partial charge in [0.05, 0.1) is 17.7 Å². The number of methoxy groups -OCH3 is 1. The first-order chi connectivity index (χ1) is 12.0. The molecule has 0 heterocycles. The number of rotatable bonds is 5. The number of nitrogens with zero attached hydrogens (tertiary/aromatic N) is 1. The molecule has 0 aliphatic rings. The second-order valence-electron chi connectivity index (χ2n) is 5.45. The van der Waals surface area contributed by atoms with Gasteiger partial charge in [0, 0.05) is 19.3 Å². The Hall–Kier alpha value is -3.17. The first kappa shape index (κ1) is 18.2. The van der Waals surface area contributed by atoms with Crippen molar-refractivity contribution in [2.45, 2.75) is 19.6 Å². The van der Waals surface area contributed by atoms with E-state index >= 15 is 0 Å².